The monoisotopic (exact) mass is 161 g/mol. The molecule has 1 aliphatic rings. The van der Waals surface area contributed by atoms with Crippen LogP contribution in [0.15, 0.2) is 0 Å². The number of carbonyl (C=O) groups is 1. The van der Waals surface area contributed by atoms with Crippen molar-refractivity contribution in [3.05, 3.63) is 0 Å². The van der Waals surface area contributed by atoms with Crippen LogP contribution in [0.5, 0.6) is 0 Å². The van der Waals surface area contributed by atoms with Crippen LogP contribution in [0.2, 0.25) is 0 Å². The summed E-state index contributed by atoms with van der Waals surface area (Å²) in [7, 11) is 0. The van der Waals surface area contributed by atoms with Crippen molar-refractivity contribution in [2.75, 3.05) is 0 Å². The average Bonchev–Trinajstić information content (AvgIpc) is 2.43. The number of rotatable bonds is 2. The largest absolute Gasteiger partial charge is 0.447 e. The lowest BCUT2D eigenvalue weighted by molar-refractivity contribution is 0.114. The minimum absolute atomic E-state index is 0.146. The Kier molecular flexibility index (Phi) is 2.31. The molecule has 1 fully saturated rings. The fourth-order valence-electron chi connectivity index (χ4n) is 0.713. The normalized spacial score (nSPS) is 28.4. The van der Waals surface area contributed by atoms with Crippen LogP contribution in [0.25, 0.3) is 0 Å². The van der Waals surface area contributed by atoms with Crippen LogP contribution in [-0.4, -0.2) is 24.4 Å². The number of nitrogens with one attached hydrogen (secondary N) is 1. The highest BCUT2D eigenvalue weighted by molar-refractivity contribution is 5.68. The molecule has 0 bridgehead atoms. The maximum Gasteiger partial charge on any atom is 0.407 e. The maximum absolute atomic E-state index is 12.2. The van der Waals surface area contributed by atoms with Gasteiger partial charge in [0.15, 0.2) is 0 Å². The Balaban J connectivity index is 2.11. The van der Waals surface area contributed by atoms with Gasteiger partial charge >= 0.3 is 6.09 Å². The summed E-state index contributed by atoms with van der Waals surface area (Å²) >= 11 is 0. The Bertz CT molecular complexity index is 161. The second kappa shape index (κ2) is 3.07. The summed E-state index contributed by atoms with van der Waals surface area (Å²) in [6.45, 7) is 3.50. The van der Waals surface area contributed by atoms with E-state index < -0.39 is 12.3 Å². The van der Waals surface area contributed by atoms with Gasteiger partial charge in [0.2, 0.25) is 0 Å². The highest BCUT2D eigenvalue weighted by Crippen LogP contribution is 2.24. The molecule has 64 valence electrons. The van der Waals surface area contributed by atoms with Crippen LogP contribution in [0.1, 0.15) is 20.3 Å². The van der Waals surface area contributed by atoms with E-state index in [4.69, 9.17) is 4.74 Å². The molecule has 0 spiro atoms. The molecule has 0 aromatic rings. The Hall–Kier alpha value is -0.800. The SMILES string of the molecule is CC(C)OC(=O)N[C@@H]1C[C@@H]1F. The molecule has 0 heterocycles. The Morgan fingerprint density at radius 1 is 1.73 bits per heavy atom. The number of carbonyl (C=O) groups excluding carboxylic acids is 1. The van der Waals surface area contributed by atoms with Crippen molar-refractivity contribution in [1.82, 2.24) is 5.32 Å². The van der Waals surface area contributed by atoms with Gasteiger partial charge in [-0.2, -0.15) is 0 Å². The third-order valence-corrected chi connectivity index (χ3v) is 1.36. The molecule has 2 atom stereocenters. The maximum atomic E-state index is 12.2. The molecular weight excluding hydrogens is 149 g/mol. The van der Waals surface area contributed by atoms with E-state index in [-0.39, 0.29) is 12.1 Å². The number of hydrogen-bond donors (Lipinski definition) is 1. The highest BCUT2D eigenvalue weighted by atomic mass is 19.1. The molecule has 4 heteroatoms. The molecule has 1 amide bonds. The number of halogens is 1. The van der Waals surface area contributed by atoms with E-state index >= 15 is 0 Å². The van der Waals surface area contributed by atoms with E-state index in [0.717, 1.165) is 0 Å². The molecule has 1 rings (SSSR count). The number of alkyl carbamates (subject to hydrolysis) is 1. The summed E-state index contributed by atoms with van der Waals surface area (Å²) in [5.74, 6) is 0. The first-order valence-electron chi connectivity index (χ1n) is 3.71. The molecule has 0 aliphatic heterocycles. The first-order valence-corrected chi connectivity index (χ1v) is 3.71. The zero-order valence-electron chi connectivity index (χ0n) is 6.63. The topological polar surface area (TPSA) is 38.3 Å². The van der Waals surface area contributed by atoms with Crippen molar-refractivity contribution >= 4 is 6.09 Å². The summed E-state index contributed by atoms with van der Waals surface area (Å²) < 4.78 is 16.9. The van der Waals surface area contributed by atoms with Gasteiger partial charge in [0.25, 0.3) is 0 Å². The van der Waals surface area contributed by atoms with Gasteiger partial charge in [0, 0.05) is 6.42 Å². The average molecular weight is 161 g/mol. The van der Waals surface area contributed by atoms with Crippen molar-refractivity contribution in [3.63, 3.8) is 0 Å². The Morgan fingerprint density at radius 3 is 2.64 bits per heavy atom. The summed E-state index contributed by atoms with van der Waals surface area (Å²) in [6, 6.07) is -0.304. The zero-order valence-corrected chi connectivity index (χ0v) is 6.63. The number of amides is 1. The fraction of sp³-hybridized carbons (Fsp3) is 0.857. The van der Waals surface area contributed by atoms with E-state index in [9.17, 15) is 9.18 Å². The third kappa shape index (κ3) is 2.74. The first kappa shape index (κ1) is 8.30. The van der Waals surface area contributed by atoms with Gasteiger partial charge in [-0.15, -0.1) is 0 Å². The summed E-state index contributed by atoms with van der Waals surface area (Å²) in [5.41, 5.74) is 0. The number of alkyl halides is 1. The molecule has 11 heavy (non-hydrogen) atoms. The molecule has 1 aliphatic carbocycles. The van der Waals surface area contributed by atoms with Gasteiger partial charge in [0.05, 0.1) is 12.1 Å². The van der Waals surface area contributed by atoms with Crippen LogP contribution in [0.3, 0.4) is 0 Å². The standard InChI is InChI=1S/C7H12FNO2/c1-4(2)11-7(10)9-6-3-5(6)8/h4-6H,3H2,1-2H3,(H,9,10)/t5-,6+/m0/s1. The Morgan fingerprint density at radius 2 is 2.27 bits per heavy atom. The predicted molar refractivity (Wildman–Crippen MR) is 38.1 cm³/mol. The molecule has 0 aromatic heterocycles. The lowest BCUT2D eigenvalue weighted by Crippen LogP contribution is -2.29. The van der Waals surface area contributed by atoms with Crippen molar-refractivity contribution in [3.8, 4) is 0 Å². The van der Waals surface area contributed by atoms with E-state index in [1.165, 1.54) is 0 Å². The van der Waals surface area contributed by atoms with Crippen molar-refractivity contribution in [1.29, 1.82) is 0 Å². The van der Waals surface area contributed by atoms with E-state index in [1.807, 2.05) is 0 Å². The summed E-state index contributed by atoms with van der Waals surface area (Å²) in [4.78, 5) is 10.7. The molecular formula is C7H12FNO2. The number of ether oxygens (including phenoxy) is 1. The van der Waals surface area contributed by atoms with E-state index in [1.54, 1.807) is 13.8 Å². The lowest BCUT2D eigenvalue weighted by atomic mass is 10.5. The van der Waals surface area contributed by atoms with Gasteiger partial charge in [-0.1, -0.05) is 0 Å². The quantitative estimate of drug-likeness (QED) is 0.661. The molecule has 1 N–H and O–H groups in total. The smallest absolute Gasteiger partial charge is 0.407 e. The second-order valence-electron chi connectivity index (χ2n) is 2.96. The van der Waals surface area contributed by atoms with Crippen LogP contribution < -0.4 is 5.32 Å². The predicted octanol–water partition coefficient (Wildman–Crippen LogP) is 1.23. The molecule has 0 unspecified atom stereocenters. The number of hydrogen-bond acceptors (Lipinski definition) is 2. The van der Waals surface area contributed by atoms with Crippen LogP contribution in [-0.2, 0) is 4.74 Å². The minimum Gasteiger partial charge on any atom is -0.447 e. The molecule has 0 aromatic carbocycles. The second-order valence-corrected chi connectivity index (χ2v) is 2.96. The van der Waals surface area contributed by atoms with Crippen LogP contribution >= 0.6 is 0 Å². The first-order chi connectivity index (χ1) is 5.09. The molecule has 0 saturated heterocycles. The third-order valence-electron chi connectivity index (χ3n) is 1.36. The van der Waals surface area contributed by atoms with Crippen molar-refractivity contribution < 1.29 is 13.9 Å². The van der Waals surface area contributed by atoms with Gasteiger partial charge in [0.1, 0.15) is 6.17 Å². The van der Waals surface area contributed by atoms with Crippen molar-refractivity contribution in [2.45, 2.75) is 38.6 Å². The van der Waals surface area contributed by atoms with Crippen LogP contribution in [0.4, 0.5) is 9.18 Å². The van der Waals surface area contributed by atoms with Crippen molar-refractivity contribution in [2.24, 2.45) is 0 Å². The summed E-state index contributed by atoms with van der Waals surface area (Å²) in [5, 5.41) is 2.40. The van der Waals surface area contributed by atoms with Gasteiger partial charge in [-0.25, -0.2) is 9.18 Å². The van der Waals surface area contributed by atoms with Gasteiger partial charge in [-0.05, 0) is 13.8 Å². The highest BCUT2D eigenvalue weighted by Gasteiger charge is 2.39. The lowest BCUT2D eigenvalue weighted by Gasteiger charge is -2.07. The van der Waals surface area contributed by atoms with E-state index in [0.29, 0.717) is 6.42 Å². The Labute approximate surface area is 64.9 Å². The van der Waals surface area contributed by atoms with Gasteiger partial charge < -0.3 is 10.1 Å². The summed E-state index contributed by atoms with van der Waals surface area (Å²) in [6.07, 6.45) is -1.11. The molecule has 0 radical (unpaired) electrons. The zero-order chi connectivity index (χ0) is 8.43. The molecule has 3 nitrogen and oxygen atoms in total. The van der Waals surface area contributed by atoms with Crippen LogP contribution in [0, 0.1) is 0 Å². The fourth-order valence-corrected chi connectivity index (χ4v) is 0.713. The molecule has 1 saturated carbocycles. The van der Waals surface area contributed by atoms with Gasteiger partial charge in [-0.3, -0.25) is 0 Å². The minimum atomic E-state index is -0.866. The van der Waals surface area contributed by atoms with E-state index in [2.05, 4.69) is 5.32 Å².